The molecule has 0 aromatic heterocycles. The second-order valence-electron chi connectivity index (χ2n) is 9.78. The molecule has 1 atom stereocenters. The quantitative estimate of drug-likeness (QED) is 0.247. The third kappa shape index (κ3) is 4.97. The molecule has 2 aromatic carbocycles. The molecule has 0 radical (unpaired) electrons. The number of nitrogens with zero attached hydrogens (tertiary/aromatic N) is 1. The minimum absolute atomic E-state index is 0.117. The van der Waals surface area contributed by atoms with Crippen molar-refractivity contribution in [3.05, 3.63) is 70.3 Å². The highest BCUT2D eigenvalue weighted by molar-refractivity contribution is 6.46. The number of benzene rings is 2. The Morgan fingerprint density at radius 1 is 1.09 bits per heavy atom. The predicted octanol–water partition coefficient (Wildman–Crippen LogP) is 5.91. The Bertz CT molecular complexity index is 1080. The SMILES string of the molecule is CCCCCN1C(=O)C(=O)/C(=C(/O)c2cc(C(C)(C)C)ccc2OC)C1c1cccc(C)c1. The third-order valence-electron chi connectivity index (χ3n) is 6.22. The van der Waals surface area contributed by atoms with E-state index in [-0.39, 0.29) is 16.7 Å². The second kappa shape index (κ2) is 9.82. The number of hydrogen-bond acceptors (Lipinski definition) is 4. The summed E-state index contributed by atoms with van der Waals surface area (Å²) in [5.74, 6) is -0.953. The van der Waals surface area contributed by atoms with Crippen molar-refractivity contribution < 1.29 is 19.4 Å². The van der Waals surface area contributed by atoms with Gasteiger partial charge in [-0.1, -0.05) is 76.4 Å². The first-order valence-electron chi connectivity index (χ1n) is 11.6. The van der Waals surface area contributed by atoms with E-state index in [1.54, 1.807) is 11.0 Å². The molecule has 1 fully saturated rings. The molecular weight excluding hydrogens is 414 g/mol. The lowest BCUT2D eigenvalue weighted by Crippen LogP contribution is -2.30. The number of aliphatic hydroxyl groups excluding tert-OH is 1. The van der Waals surface area contributed by atoms with E-state index in [0.717, 1.165) is 36.0 Å². The van der Waals surface area contributed by atoms with Crippen LogP contribution in [0.15, 0.2) is 48.0 Å². The van der Waals surface area contributed by atoms with Crippen LogP contribution in [0.25, 0.3) is 5.76 Å². The Morgan fingerprint density at radius 3 is 2.42 bits per heavy atom. The van der Waals surface area contributed by atoms with Crippen LogP contribution in [0.2, 0.25) is 0 Å². The third-order valence-corrected chi connectivity index (χ3v) is 6.22. The topological polar surface area (TPSA) is 66.8 Å². The normalized spacial score (nSPS) is 18.1. The number of rotatable bonds is 7. The number of methoxy groups -OCH3 is 1. The van der Waals surface area contributed by atoms with Gasteiger partial charge in [-0.15, -0.1) is 0 Å². The molecule has 33 heavy (non-hydrogen) atoms. The lowest BCUT2D eigenvalue weighted by atomic mass is 9.85. The van der Waals surface area contributed by atoms with Gasteiger partial charge in [0.25, 0.3) is 11.7 Å². The zero-order chi connectivity index (χ0) is 24.3. The van der Waals surface area contributed by atoms with Crippen LogP contribution in [0, 0.1) is 6.92 Å². The maximum atomic E-state index is 13.3. The first-order chi connectivity index (χ1) is 15.6. The zero-order valence-electron chi connectivity index (χ0n) is 20.6. The number of likely N-dealkylation sites (tertiary alicyclic amines) is 1. The molecule has 1 amide bonds. The molecule has 1 saturated heterocycles. The van der Waals surface area contributed by atoms with Gasteiger partial charge >= 0.3 is 0 Å². The number of aryl methyl sites for hydroxylation is 1. The van der Waals surface area contributed by atoms with Gasteiger partial charge in [-0.2, -0.15) is 0 Å². The standard InChI is InChI=1S/C28H35NO4/c1-7-8-9-15-29-24(19-12-10-11-18(2)16-19)23(26(31)27(29)32)25(30)21-17-20(28(3,4)5)13-14-22(21)33-6/h10-14,16-17,24,30H,7-9,15H2,1-6H3/b25-23+. The molecule has 1 N–H and O–H groups in total. The molecule has 2 aromatic rings. The average molecular weight is 450 g/mol. The summed E-state index contributed by atoms with van der Waals surface area (Å²) in [6.07, 6.45) is 2.77. The number of Topliss-reactive ketones (excluding diaryl/α,β-unsaturated/α-hetero) is 1. The van der Waals surface area contributed by atoms with Crippen molar-refractivity contribution in [2.24, 2.45) is 0 Å². The number of ether oxygens (including phenoxy) is 1. The summed E-state index contributed by atoms with van der Waals surface area (Å²) in [5.41, 5.74) is 3.22. The predicted molar refractivity (Wildman–Crippen MR) is 131 cm³/mol. The van der Waals surface area contributed by atoms with Crippen LogP contribution in [-0.4, -0.2) is 35.4 Å². The van der Waals surface area contributed by atoms with Crippen molar-refractivity contribution >= 4 is 17.4 Å². The van der Waals surface area contributed by atoms with E-state index < -0.39 is 17.7 Å². The summed E-state index contributed by atoms with van der Waals surface area (Å²) in [6.45, 7) is 10.8. The van der Waals surface area contributed by atoms with E-state index in [2.05, 4.69) is 27.7 Å². The molecule has 176 valence electrons. The highest BCUT2D eigenvalue weighted by atomic mass is 16.5. The fourth-order valence-corrected chi connectivity index (χ4v) is 4.33. The highest BCUT2D eigenvalue weighted by Crippen LogP contribution is 2.42. The summed E-state index contributed by atoms with van der Waals surface area (Å²) >= 11 is 0. The maximum absolute atomic E-state index is 13.3. The highest BCUT2D eigenvalue weighted by Gasteiger charge is 2.46. The number of unbranched alkanes of at least 4 members (excludes halogenated alkanes) is 2. The van der Waals surface area contributed by atoms with E-state index in [1.807, 2.05) is 43.3 Å². The Labute approximate surface area is 197 Å². The molecule has 1 heterocycles. The largest absolute Gasteiger partial charge is 0.507 e. The van der Waals surface area contributed by atoms with E-state index in [9.17, 15) is 14.7 Å². The van der Waals surface area contributed by atoms with Crippen LogP contribution in [0.3, 0.4) is 0 Å². The number of amides is 1. The van der Waals surface area contributed by atoms with E-state index in [4.69, 9.17) is 4.74 Å². The molecule has 3 rings (SSSR count). The molecule has 0 bridgehead atoms. The number of carbonyl (C=O) groups is 2. The molecule has 1 aliphatic rings. The van der Waals surface area contributed by atoms with Crippen LogP contribution in [0.4, 0.5) is 0 Å². The van der Waals surface area contributed by atoms with Crippen LogP contribution < -0.4 is 4.74 Å². The van der Waals surface area contributed by atoms with Crippen molar-refractivity contribution in [1.82, 2.24) is 4.90 Å². The van der Waals surface area contributed by atoms with E-state index in [0.29, 0.717) is 17.9 Å². The molecule has 5 nitrogen and oxygen atoms in total. The van der Waals surface area contributed by atoms with Crippen molar-refractivity contribution in [2.45, 2.75) is 65.3 Å². The molecule has 0 spiro atoms. The van der Waals surface area contributed by atoms with Gasteiger partial charge < -0.3 is 14.7 Å². The summed E-state index contributed by atoms with van der Waals surface area (Å²) in [5, 5.41) is 11.5. The Kier molecular flexibility index (Phi) is 7.31. The lowest BCUT2D eigenvalue weighted by Gasteiger charge is -2.26. The van der Waals surface area contributed by atoms with Gasteiger partial charge in [-0.3, -0.25) is 9.59 Å². The fourth-order valence-electron chi connectivity index (χ4n) is 4.33. The van der Waals surface area contributed by atoms with Crippen molar-refractivity contribution in [3.63, 3.8) is 0 Å². The van der Waals surface area contributed by atoms with Crippen LogP contribution in [0.1, 0.15) is 75.3 Å². The number of hydrogen-bond donors (Lipinski definition) is 1. The average Bonchev–Trinajstić information content (AvgIpc) is 3.02. The molecule has 0 aliphatic carbocycles. The van der Waals surface area contributed by atoms with E-state index in [1.165, 1.54) is 7.11 Å². The monoisotopic (exact) mass is 449 g/mol. The summed E-state index contributed by atoms with van der Waals surface area (Å²) in [6, 6.07) is 12.7. The van der Waals surface area contributed by atoms with Crippen molar-refractivity contribution in [2.75, 3.05) is 13.7 Å². The van der Waals surface area contributed by atoms with E-state index >= 15 is 0 Å². The molecule has 5 heteroatoms. The van der Waals surface area contributed by atoms with Crippen molar-refractivity contribution in [3.8, 4) is 5.75 Å². The molecule has 1 unspecified atom stereocenters. The van der Waals surface area contributed by atoms with Gasteiger partial charge in [-0.05, 0) is 42.0 Å². The smallest absolute Gasteiger partial charge is 0.295 e. The fraction of sp³-hybridized carbons (Fsp3) is 0.429. The maximum Gasteiger partial charge on any atom is 0.295 e. The Morgan fingerprint density at radius 2 is 1.82 bits per heavy atom. The summed E-state index contributed by atoms with van der Waals surface area (Å²) in [4.78, 5) is 28.0. The summed E-state index contributed by atoms with van der Waals surface area (Å²) < 4.78 is 5.52. The summed E-state index contributed by atoms with van der Waals surface area (Å²) in [7, 11) is 1.53. The first kappa shape index (κ1) is 24.6. The van der Waals surface area contributed by atoms with Gasteiger partial charge in [0.15, 0.2) is 0 Å². The number of carbonyl (C=O) groups excluding carboxylic acids is 2. The van der Waals surface area contributed by atoms with Gasteiger partial charge in [-0.25, -0.2) is 0 Å². The number of aliphatic hydroxyl groups is 1. The number of ketones is 1. The van der Waals surface area contributed by atoms with Gasteiger partial charge in [0.2, 0.25) is 0 Å². The van der Waals surface area contributed by atoms with Crippen LogP contribution >= 0.6 is 0 Å². The minimum atomic E-state index is -0.654. The van der Waals surface area contributed by atoms with Gasteiger partial charge in [0, 0.05) is 6.54 Å². The zero-order valence-corrected chi connectivity index (χ0v) is 20.6. The Hall–Kier alpha value is -3.08. The minimum Gasteiger partial charge on any atom is -0.507 e. The molecular formula is C28H35NO4. The van der Waals surface area contributed by atoms with Gasteiger partial charge in [0.1, 0.15) is 11.5 Å². The molecule has 1 aliphatic heterocycles. The lowest BCUT2D eigenvalue weighted by molar-refractivity contribution is -0.139. The van der Waals surface area contributed by atoms with Gasteiger partial charge in [0.05, 0.1) is 24.3 Å². The molecule has 0 saturated carbocycles. The first-order valence-corrected chi connectivity index (χ1v) is 11.6. The second-order valence-corrected chi connectivity index (χ2v) is 9.78. The van der Waals surface area contributed by atoms with Crippen LogP contribution in [-0.2, 0) is 15.0 Å². The Balaban J connectivity index is 2.23. The van der Waals surface area contributed by atoms with Crippen LogP contribution in [0.5, 0.6) is 5.75 Å². The van der Waals surface area contributed by atoms with Crippen molar-refractivity contribution in [1.29, 1.82) is 0 Å².